The average Bonchev–Trinajstić information content (AvgIpc) is 3.05. The van der Waals surface area contributed by atoms with E-state index < -0.39 is 29.7 Å². The Labute approximate surface area is 131 Å². The second kappa shape index (κ2) is 5.80. The number of aliphatic hydroxyl groups is 2. The molecule has 3 N–H and O–H groups in total. The maximum Gasteiger partial charge on any atom is 0.330 e. The normalized spacial score (nSPS) is 24.8. The van der Waals surface area contributed by atoms with Crippen LogP contribution in [-0.4, -0.2) is 43.7 Å². The van der Waals surface area contributed by atoms with E-state index in [4.69, 9.17) is 14.4 Å². The number of halogens is 1. The first kappa shape index (κ1) is 15.2. The number of aromatic nitrogens is 3. The van der Waals surface area contributed by atoms with Crippen molar-refractivity contribution >= 4 is 15.9 Å². The lowest BCUT2D eigenvalue weighted by atomic mass is 10.2. The molecule has 1 aliphatic rings. The Kier molecular flexibility index (Phi) is 4.00. The molecule has 1 saturated heterocycles. The molecule has 1 aliphatic heterocycles. The van der Waals surface area contributed by atoms with Gasteiger partial charge in [-0.05, 0) is 15.9 Å². The monoisotopic (exact) mass is 373 g/mol. The molecule has 0 saturated carbocycles. The summed E-state index contributed by atoms with van der Waals surface area (Å²) in [5.41, 5.74) is -1.20. The number of rotatable bonds is 3. The molecular formula is C12H12BrN3O6. The third-order valence-electron chi connectivity index (χ3n) is 3.41. The van der Waals surface area contributed by atoms with Crippen molar-refractivity contribution in [2.45, 2.75) is 24.9 Å². The standard InChI is InChI=1S/C12H12BrN3O6/c13-9-2-7(22-15-9)5-3-16(12(20)14-11(5)19)10-1-6(18)8(4-17)21-10/h2-3,6,8,10,17-18H,1,4H2,(H,14,19,20)/t6-,8+,10+/m0/s1. The summed E-state index contributed by atoms with van der Waals surface area (Å²) in [5.74, 6) is 0.180. The van der Waals surface area contributed by atoms with E-state index in [1.54, 1.807) is 0 Å². The highest BCUT2D eigenvalue weighted by atomic mass is 79.9. The number of nitrogens with one attached hydrogen (secondary N) is 1. The topological polar surface area (TPSA) is 131 Å². The fraction of sp³-hybridized carbons (Fsp3) is 0.417. The van der Waals surface area contributed by atoms with Gasteiger partial charge in [-0.1, -0.05) is 5.16 Å². The third-order valence-corrected chi connectivity index (χ3v) is 3.78. The van der Waals surface area contributed by atoms with Crippen molar-refractivity contribution in [3.05, 3.63) is 37.7 Å². The molecule has 0 aliphatic carbocycles. The molecule has 3 rings (SSSR count). The van der Waals surface area contributed by atoms with Crippen molar-refractivity contribution in [3.63, 3.8) is 0 Å². The maximum absolute atomic E-state index is 11.9. The first-order valence-corrected chi connectivity index (χ1v) is 7.21. The lowest BCUT2D eigenvalue weighted by molar-refractivity contribution is -0.0458. The summed E-state index contributed by atoms with van der Waals surface area (Å²) in [4.78, 5) is 26.0. The van der Waals surface area contributed by atoms with Gasteiger partial charge in [0.1, 0.15) is 22.5 Å². The van der Waals surface area contributed by atoms with Gasteiger partial charge in [0.05, 0.1) is 12.7 Å². The van der Waals surface area contributed by atoms with E-state index in [2.05, 4.69) is 26.1 Å². The largest absolute Gasteiger partial charge is 0.394 e. The number of ether oxygens (including phenoxy) is 1. The van der Waals surface area contributed by atoms with E-state index in [1.165, 1.54) is 12.3 Å². The molecule has 2 aromatic heterocycles. The zero-order valence-electron chi connectivity index (χ0n) is 11.1. The van der Waals surface area contributed by atoms with Crippen LogP contribution in [-0.2, 0) is 4.74 Å². The van der Waals surface area contributed by atoms with E-state index in [1.807, 2.05) is 0 Å². The summed E-state index contributed by atoms with van der Waals surface area (Å²) in [5, 5.41) is 22.5. The Bertz CT molecular complexity index is 797. The molecule has 2 aromatic rings. The highest BCUT2D eigenvalue weighted by Gasteiger charge is 2.35. The molecule has 0 bridgehead atoms. The maximum atomic E-state index is 11.9. The molecule has 1 fully saturated rings. The van der Waals surface area contributed by atoms with Crippen LogP contribution in [0.15, 0.2) is 31.0 Å². The first-order chi connectivity index (χ1) is 10.5. The lowest BCUT2D eigenvalue weighted by Gasteiger charge is -2.14. The van der Waals surface area contributed by atoms with Gasteiger partial charge in [-0.15, -0.1) is 0 Å². The van der Waals surface area contributed by atoms with Gasteiger partial charge < -0.3 is 19.5 Å². The predicted octanol–water partition coefficient (Wildman–Crippen LogP) is -0.405. The minimum absolute atomic E-state index is 0.100. The van der Waals surface area contributed by atoms with Crippen molar-refractivity contribution in [2.24, 2.45) is 0 Å². The molecule has 9 nitrogen and oxygen atoms in total. The molecule has 3 atom stereocenters. The van der Waals surface area contributed by atoms with E-state index in [9.17, 15) is 14.7 Å². The minimum atomic E-state index is -0.892. The fourth-order valence-corrected chi connectivity index (χ4v) is 2.59. The number of aliphatic hydroxyl groups excluding tert-OH is 2. The summed E-state index contributed by atoms with van der Waals surface area (Å²) < 4.78 is 12.0. The van der Waals surface area contributed by atoms with Crippen LogP contribution < -0.4 is 11.2 Å². The summed E-state index contributed by atoms with van der Waals surface area (Å²) in [7, 11) is 0. The molecule has 0 spiro atoms. The number of H-pyrrole nitrogens is 1. The second-order valence-electron chi connectivity index (χ2n) is 4.84. The van der Waals surface area contributed by atoms with E-state index in [-0.39, 0.29) is 24.4 Å². The van der Waals surface area contributed by atoms with Gasteiger partial charge in [-0.2, -0.15) is 0 Å². The Morgan fingerprint density at radius 3 is 2.86 bits per heavy atom. The van der Waals surface area contributed by atoms with Crippen LogP contribution >= 0.6 is 15.9 Å². The van der Waals surface area contributed by atoms with Gasteiger partial charge in [0.15, 0.2) is 5.76 Å². The number of nitrogens with zero attached hydrogens (tertiary/aromatic N) is 2. The molecule has 0 radical (unpaired) electrons. The summed E-state index contributed by atoms with van der Waals surface area (Å²) in [6.07, 6.45) is -1.05. The summed E-state index contributed by atoms with van der Waals surface area (Å²) >= 11 is 3.11. The molecule has 22 heavy (non-hydrogen) atoms. The molecule has 0 amide bonds. The van der Waals surface area contributed by atoms with Crippen LogP contribution in [0.3, 0.4) is 0 Å². The minimum Gasteiger partial charge on any atom is -0.394 e. The second-order valence-corrected chi connectivity index (χ2v) is 5.65. The van der Waals surface area contributed by atoms with Gasteiger partial charge in [-0.3, -0.25) is 14.3 Å². The van der Waals surface area contributed by atoms with Crippen molar-refractivity contribution in [3.8, 4) is 11.3 Å². The lowest BCUT2D eigenvalue weighted by Crippen LogP contribution is -2.33. The number of hydrogen-bond acceptors (Lipinski definition) is 7. The van der Waals surface area contributed by atoms with Crippen LogP contribution in [0.5, 0.6) is 0 Å². The van der Waals surface area contributed by atoms with E-state index in [0.717, 1.165) is 4.57 Å². The number of aromatic amines is 1. The number of hydrogen-bond donors (Lipinski definition) is 3. The molecule has 0 unspecified atom stereocenters. The van der Waals surface area contributed by atoms with Crippen LogP contribution in [0.25, 0.3) is 11.3 Å². The quantitative estimate of drug-likeness (QED) is 0.666. The van der Waals surface area contributed by atoms with Gasteiger partial charge in [0.25, 0.3) is 5.56 Å². The Morgan fingerprint density at radius 1 is 1.50 bits per heavy atom. The predicted molar refractivity (Wildman–Crippen MR) is 76.1 cm³/mol. The van der Waals surface area contributed by atoms with Crippen molar-refractivity contribution in [1.82, 2.24) is 14.7 Å². The highest BCUT2D eigenvalue weighted by Crippen LogP contribution is 2.28. The van der Waals surface area contributed by atoms with Crippen molar-refractivity contribution in [2.75, 3.05) is 6.61 Å². The van der Waals surface area contributed by atoms with Crippen molar-refractivity contribution in [1.29, 1.82) is 0 Å². The third kappa shape index (κ3) is 2.65. The molecule has 0 aromatic carbocycles. The van der Waals surface area contributed by atoms with Crippen LogP contribution in [0.1, 0.15) is 12.6 Å². The highest BCUT2D eigenvalue weighted by molar-refractivity contribution is 9.10. The Morgan fingerprint density at radius 2 is 2.27 bits per heavy atom. The Balaban J connectivity index is 2.03. The van der Waals surface area contributed by atoms with E-state index in [0.29, 0.717) is 4.60 Å². The van der Waals surface area contributed by atoms with Gasteiger partial charge in [0.2, 0.25) is 0 Å². The van der Waals surface area contributed by atoms with Crippen molar-refractivity contribution < 1.29 is 19.5 Å². The van der Waals surface area contributed by atoms with Gasteiger partial charge in [0, 0.05) is 18.7 Å². The SMILES string of the molecule is O=c1[nH]c(=O)n([C@H]2C[C@H](O)[C@@H](CO)O2)cc1-c1cc(Br)no1. The zero-order valence-corrected chi connectivity index (χ0v) is 12.7. The van der Waals surface area contributed by atoms with Crippen LogP contribution in [0.4, 0.5) is 0 Å². The van der Waals surface area contributed by atoms with E-state index >= 15 is 0 Å². The van der Waals surface area contributed by atoms with Gasteiger partial charge >= 0.3 is 5.69 Å². The van der Waals surface area contributed by atoms with Crippen LogP contribution in [0, 0.1) is 0 Å². The summed E-state index contributed by atoms with van der Waals surface area (Å²) in [6.45, 7) is -0.363. The summed E-state index contributed by atoms with van der Waals surface area (Å²) in [6, 6.07) is 1.49. The zero-order chi connectivity index (χ0) is 15.9. The fourth-order valence-electron chi connectivity index (χ4n) is 2.31. The smallest absolute Gasteiger partial charge is 0.330 e. The van der Waals surface area contributed by atoms with Gasteiger partial charge in [-0.25, -0.2) is 4.79 Å². The first-order valence-electron chi connectivity index (χ1n) is 6.42. The molecule has 118 valence electrons. The Hall–Kier alpha value is -1.75. The molecular weight excluding hydrogens is 362 g/mol. The van der Waals surface area contributed by atoms with Crippen LogP contribution in [0.2, 0.25) is 0 Å². The molecule has 3 heterocycles. The average molecular weight is 374 g/mol. The molecule has 10 heteroatoms.